The maximum atomic E-state index is 3.80. The maximum absolute atomic E-state index is 3.80. The summed E-state index contributed by atoms with van der Waals surface area (Å²) in [6.07, 6.45) is 8.11. The van der Waals surface area contributed by atoms with Crippen LogP contribution in [0.3, 0.4) is 0 Å². The summed E-state index contributed by atoms with van der Waals surface area (Å²) >= 11 is 0. The molecule has 2 nitrogen and oxygen atoms in total. The maximum Gasteiger partial charge on any atom is 0.0251 e. The Morgan fingerprint density at radius 3 is 2.39 bits per heavy atom. The van der Waals surface area contributed by atoms with Crippen molar-refractivity contribution in [3.05, 3.63) is 0 Å². The number of nitrogens with one attached hydrogen (secondary N) is 1. The van der Waals surface area contributed by atoms with E-state index < -0.39 is 0 Å². The molecule has 0 aliphatic heterocycles. The van der Waals surface area contributed by atoms with Gasteiger partial charge in [0.25, 0.3) is 0 Å². The highest BCUT2D eigenvalue weighted by Gasteiger charge is 2.32. The van der Waals surface area contributed by atoms with E-state index in [-0.39, 0.29) is 0 Å². The monoisotopic (exact) mass is 254 g/mol. The molecule has 0 aromatic carbocycles. The van der Waals surface area contributed by atoms with Crippen molar-refractivity contribution in [2.24, 2.45) is 5.92 Å². The van der Waals surface area contributed by atoms with Gasteiger partial charge in [-0.3, -0.25) is 4.90 Å². The lowest BCUT2D eigenvalue weighted by Gasteiger charge is -2.43. The zero-order valence-corrected chi connectivity index (χ0v) is 13.0. The summed E-state index contributed by atoms with van der Waals surface area (Å²) in [7, 11) is 0. The molecular formula is C16H34N2. The Morgan fingerprint density at radius 2 is 1.83 bits per heavy atom. The van der Waals surface area contributed by atoms with Crippen LogP contribution < -0.4 is 5.32 Å². The number of likely N-dealkylation sites (N-methyl/N-ethyl adjacent to an activating group) is 1. The molecule has 3 unspecified atom stereocenters. The smallest absolute Gasteiger partial charge is 0.0251 e. The minimum absolute atomic E-state index is 0.735. The average molecular weight is 254 g/mol. The fourth-order valence-electron chi connectivity index (χ4n) is 3.42. The molecule has 0 radical (unpaired) electrons. The minimum Gasteiger partial charge on any atom is -0.312 e. The Hall–Kier alpha value is -0.0800. The van der Waals surface area contributed by atoms with Crippen LogP contribution in [0.1, 0.15) is 66.2 Å². The topological polar surface area (TPSA) is 15.3 Å². The van der Waals surface area contributed by atoms with Crippen LogP contribution in [0.5, 0.6) is 0 Å². The second kappa shape index (κ2) is 8.92. The molecule has 1 aliphatic carbocycles. The third-order valence-electron chi connectivity index (χ3n) is 4.55. The Labute approximate surface area is 115 Å². The van der Waals surface area contributed by atoms with Crippen molar-refractivity contribution >= 4 is 0 Å². The first-order valence-corrected chi connectivity index (χ1v) is 8.24. The molecule has 0 aromatic heterocycles. The summed E-state index contributed by atoms with van der Waals surface area (Å²) < 4.78 is 0. The second-order valence-electron chi connectivity index (χ2n) is 5.84. The fourth-order valence-corrected chi connectivity index (χ4v) is 3.42. The van der Waals surface area contributed by atoms with Crippen molar-refractivity contribution < 1.29 is 0 Å². The van der Waals surface area contributed by atoms with E-state index in [4.69, 9.17) is 0 Å². The molecule has 1 rings (SSSR count). The highest BCUT2D eigenvalue weighted by atomic mass is 15.2. The molecule has 18 heavy (non-hydrogen) atoms. The lowest BCUT2D eigenvalue weighted by molar-refractivity contribution is 0.0997. The Bertz CT molecular complexity index is 205. The Balaban J connectivity index is 2.62. The summed E-state index contributed by atoms with van der Waals surface area (Å²) in [5, 5.41) is 3.80. The first-order valence-electron chi connectivity index (χ1n) is 8.24. The molecule has 2 heteroatoms. The molecule has 108 valence electrons. The Kier molecular flexibility index (Phi) is 7.92. The van der Waals surface area contributed by atoms with Gasteiger partial charge < -0.3 is 5.32 Å². The number of rotatable bonds is 8. The highest BCUT2D eigenvalue weighted by molar-refractivity contribution is 4.90. The van der Waals surface area contributed by atoms with Gasteiger partial charge in [-0.25, -0.2) is 0 Å². The molecule has 0 bridgehead atoms. The van der Waals surface area contributed by atoms with Crippen LogP contribution in [-0.4, -0.2) is 36.6 Å². The van der Waals surface area contributed by atoms with Gasteiger partial charge in [-0.15, -0.1) is 0 Å². The molecular weight excluding hydrogens is 220 g/mol. The van der Waals surface area contributed by atoms with E-state index in [9.17, 15) is 0 Å². The zero-order valence-electron chi connectivity index (χ0n) is 13.0. The van der Waals surface area contributed by atoms with Gasteiger partial charge in [0.1, 0.15) is 0 Å². The lowest BCUT2D eigenvalue weighted by atomic mass is 9.80. The van der Waals surface area contributed by atoms with Crippen molar-refractivity contribution in [1.82, 2.24) is 10.2 Å². The normalized spacial score (nSPS) is 28.8. The first-order chi connectivity index (χ1) is 8.76. The molecule has 0 aromatic rings. The van der Waals surface area contributed by atoms with Crippen LogP contribution in [0.4, 0.5) is 0 Å². The lowest BCUT2D eigenvalue weighted by Crippen LogP contribution is -2.53. The van der Waals surface area contributed by atoms with E-state index in [1.165, 1.54) is 58.2 Å². The van der Waals surface area contributed by atoms with Crippen molar-refractivity contribution in [3.8, 4) is 0 Å². The van der Waals surface area contributed by atoms with Gasteiger partial charge in [-0.05, 0) is 57.7 Å². The van der Waals surface area contributed by atoms with E-state index in [1.807, 2.05) is 0 Å². The van der Waals surface area contributed by atoms with Crippen LogP contribution >= 0.6 is 0 Å². The molecule has 0 amide bonds. The van der Waals surface area contributed by atoms with E-state index in [2.05, 4.69) is 37.9 Å². The minimum atomic E-state index is 0.735. The molecule has 0 spiro atoms. The number of nitrogens with zero attached hydrogens (tertiary/aromatic N) is 1. The van der Waals surface area contributed by atoms with E-state index >= 15 is 0 Å². The van der Waals surface area contributed by atoms with Gasteiger partial charge in [0.15, 0.2) is 0 Å². The summed E-state index contributed by atoms with van der Waals surface area (Å²) in [5.41, 5.74) is 0. The molecule has 0 heterocycles. The fraction of sp³-hybridized carbons (Fsp3) is 1.00. The number of hydrogen-bond donors (Lipinski definition) is 1. The molecule has 1 N–H and O–H groups in total. The average Bonchev–Trinajstić information content (AvgIpc) is 2.42. The SMILES string of the molecule is CCCNC1CCC(CC)CC1N(CC)CCC. The van der Waals surface area contributed by atoms with Crippen LogP contribution in [-0.2, 0) is 0 Å². The summed E-state index contributed by atoms with van der Waals surface area (Å²) in [6, 6.07) is 1.51. The number of hydrogen-bond acceptors (Lipinski definition) is 2. The van der Waals surface area contributed by atoms with Gasteiger partial charge in [-0.2, -0.15) is 0 Å². The van der Waals surface area contributed by atoms with Crippen molar-refractivity contribution in [2.75, 3.05) is 19.6 Å². The van der Waals surface area contributed by atoms with Crippen LogP contribution in [0.25, 0.3) is 0 Å². The predicted octanol–water partition coefficient (Wildman–Crippen LogP) is 3.67. The van der Waals surface area contributed by atoms with Crippen LogP contribution in [0.2, 0.25) is 0 Å². The largest absolute Gasteiger partial charge is 0.312 e. The summed E-state index contributed by atoms with van der Waals surface area (Å²) in [6.45, 7) is 12.9. The van der Waals surface area contributed by atoms with E-state index in [1.54, 1.807) is 0 Å². The van der Waals surface area contributed by atoms with Gasteiger partial charge in [0.2, 0.25) is 0 Å². The van der Waals surface area contributed by atoms with Crippen LogP contribution in [0.15, 0.2) is 0 Å². The zero-order chi connectivity index (χ0) is 13.4. The quantitative estimate of drug-likeness (QED) is 0.711. The summed E-state index contributed by atoms with van der Waals surface area (Å²) in [5.74, 6) is 0.959. The third kappa shape index (κ3) is 4.55. The molecule has 1 fully saturated rings. The first kappa shape index (κ1) is 16.0. The van der Waals surface area contributed by atoms with Gasteiger partial charge in [-0.1, -0.05) is 34.1 Å². The highest BCUT2D eigenvalue weighted by Crippen LogP contribution is 2.30. The van der Waals surface area contributed by atoms with E-state index in [0.717, 1.165) is 18.0 Å². The van der Waals surface area contributed by atoms with Gasteiger partial charge in [0.05, 0.1) is 0 Å². The third-order valence-corrected chi connectivity index (χ3v) is 4.55. The van der Waals surface area contributed by atoms with Gasteiger partial charge >= 0.3 is 0 Å². The van der Waals surface area contributed by atoms with Crippen molar-refractivity contribution in [2.45, 2.75) is 78.3 Å². The predicted molar refractivity (Wildman–Crippen MR) is 81.0 cm³/mol. The van der Waals surface area contributed by atoms with E-state index in [0.29, 0.717) is 0 Å². The molecule has 1 aliphatic rings. The molecule has 1 saturated carbocycles. The second-order valence-corrected chi connectivity index (χ2v) is 5.84. The standard InChI is InChI=1S/C16H34N2/c1-5-11-17-15-10-9-14(7-3)13-16(15)18(8-4)12-6-2/h14-17H,5-13H2,1-4H3. The molecule has 0 saturated heterocycles. The van der Waals surface area contributed by atoms with Crippen molar-refractivity contribution in [3.63, 3.8) is 0 Å². The van der Waals surface area contributed by atoms with Crippen molar-refractivity contribution in [1.29, 1.82) is 0 Å². The molecule has 3 atom stereocenters. The summed E-state index contributed by atoms with van der Waals surface area (Å²) in [4.78, 5) is 2.72. The van der Waals surface area contributed by atoms with Crippen LogP contribution in [0, 0.1) is 5.92 Å². The Morgan fingerprint density at radius 1 is 1.06 bits per heavy atom. The van der Waals surface area contributed by atoms with Gasteiger partial charge in [0, 0.05) is 12.1 Å².